The Kier molecular flexibility index (Phi) is 5.76. The number of benzene rings is 1. The van der Waals surface area contributed by atoms with Crippen LogP contribution in [0.25, 0.3) is 0 Å². The smallest absolute Gasteiger partial charge is 0.295 e. The zero-order valence-electron chi connectivity index (χ0n) is 7.28. The van der Waals surface area contributed by atoms with E-state index in [4.69, 9.17) is 8.42 Å². The third-order valence-corrected chi connectivity index (χ3v) is 1.18. The van der Waals surface area contributed by atoms with Crippen LogP contribution >= 0.6 is 21.4 Å². The number of hydrogen-bond acceptors (Lipinski definition) is 3. The molecule has 0 spiro atoms. The van der Waals surface area contributed by atoms with Gasteiger partial charge in [0.05, 0.1) is 0 Å². The van der Waals surface area contributed by atoms with Crippen LogP contribution in [-0.2, 0) is 8.26 Å². The Hall–Kier alpha value is -0.580. The molecule has 1 aromatic rings. The highest BCUT2D eigenvalue weighted by Gasteiger charge is 1.92. The van der Waals surface area contributed by atoms with Gasteiger partial charge in [-0.1, -0.05) is 30.3 Å². The van der Waals surface area contributed by atoms with Crippen LogP contribution in [0.1, 0.15) is 17.3 Å². The highest BCUT2D eigenvalue weighted by atomic mass is 36.0. The molecule has 0 heterocycles. The van der Waals surface area contributed by atoms with Crippen LogP contribution in [0.5, 0.6) is 0 Å². The average molecular weight is 255 g/mol. The van der Waals surface area contributed by atoms with Crippen LogP contribution in [0.2, 0.25) is 0 Å². The largest absolute Gasteiger partial charge is 0.317 e. The van der Waals surface area contributed by atoms with Gasteiger partial charge < -0.3 is 0 Å². The topological polar surface area (TPSA) is 51.2 Å². The molecule has 0 radical (unpaired) electrons. The van der Waals surface area contributed by atoms with Crippen molar-refractivity contribution in [1.29, 1.82) is 0 Å². The lowest BCUT2D eigenvalue weighted by Gasteiger charge is -1.89. The second-order valence-electron chi connectivity index (χ2n) is 2.30. The number of Topliss-reactive ketones (excluding diaryl/α,β-unsaturated/α-hetero) is 1. The normalized spacial score (nSPS) is 9.93. The SMILES string of the molecule is CC(=O)c1ccccc1.O=S(=O)(Cl)Cl. The van der Waals surface area contributed by atoms with Gasteiger partial charge in [0.1, 0.15) is 0 Å². The monoisotopic (exact) mass is 254 g/mol. The van der Waals surface area contributed by atoms with E-state index in [1.165, 1.54) is 0 Å². The fraction of sp³-hybridized carbons (Fsp3) is 0.125. The lowest BCUT2D eigenvalue weighted by molar-refractivity contribution is 0.101. The molecule has 1 rings (SSSR count). The Morgan fingerprint density at radius 3 is 1.71 bits per heavy atom. The van der Waals surface area contributed by atoms with Gasteiger partial charge in [0.15, 0.2) is 5.78 Å². The summed E-state index contributed by atoms with van der Waals surface area (Å²) in [6.07, 6.45) is 0. The van der Waals surface area contributed by atoms with E-state index >= 15 is 0 Å². The summed E-state index contributed by atoms with van der Waals surface area (Å²) in [5, 5.41) is 0. The predicted molar refractivity (Wildman–Crippen MR) is 57.1 cm³/mol. The number of rotatable bonds is 1. The van der Waals surface area contributed by atoms with Crippen LogP contribution in [0, 0.1) is 0 Å². The van der Waals surface area contributed by atoms with Gasteiger partial charge in [0, 0.05) is 26.9 Å². The van der Waals surface area contributed by atoms with Crippen molar-refractivity contribution in [2.75, 3.05) is 0 Å². The first-order chi connectivity index (χ1) is 6.30. The van der Waals surface area contributed by atoms with E-state index in [1.807, 2.05) is 30.3 Å². The number of halogens is 2. The molecule has 0 N–H and O–H groups in total. The third kappa shape index (κ3) is 9.51. The molecule has 1 aromatic carbocycles. The Labute approximate surface area is 91.6 Å². The van der Waals surface area contributed by atoms with E-state index < -0.39 is 8.26 Å². The maximum Gasteiger partial charge on any atom is 0.317 e. The Balaban J connectivity index is 0.000000292. The van der Waals surface area contributed by atoms with Gasteiger partial charge in [-0.15, -0.1) is 0 Å². The van der Waals surface area contributed by atoms with Gasteiger partial charge >= 0.3 is 8.26 Å². The minimum atomic E-state index is -3.72. The molecular weight excluding hydrogens is 247 g/mol. The van der Waals surface area contributed by atoms with Crippen LogP contribution in [0.4, 0.5) is 0 Å². The number of carbonyl (C=O) groups is 1. The molecule has 0 aromatic heterocycles. The van der Waals surface area contributed by atoms with Crippen molar-refractivity contribution in [2.24, 2.45) is 0 Å². The van der Waals surface area contributed by atoms with Crippen molar-refractivity contribution < 1.29 is 13.2 Å². The summed E-state index contributed by atoms with van der Waals surface area (Å²) in [7, 11) is 4.81. The van der Waals surface area contributed by atoms with Gasteiger partial charge in [0.25, 0.3) is 0 Å². The van der Waals surface area contributed by atoms with E-state index in [-0.39, 0.29) is 5.78 Å². The first-order valence-corrected chi connectivity index (χ1v) is 6.64. The molecule has 0 aliphatic rings. The first-order valence-electron chi connectivity index (χ1n) is 3.51. The van der Waals surface area contributed by atoms with Gasteiger partial charge in [-0.3, -0.25) is 4.79 Å². The highest BCUT2D eigenvalue weighted by molar-refractivity contribution is 8.31. The fourth-order valence-electron chi connectivity index (χ4n) is 0.673. The molecule has 78 valence electrons. The molecular formula is C8H8Cl2O3S. The predicted octanol–water partition coefficient (Wildman–Crippen LogP) is 2.60. The van der Waals surface area contributed by atoms with Gasteiger partial charge in [0.2, 0.25) is 0 Å². The maximum atomic E-state index is 10.6. The van der Waals surface area contributed by atoms with Gasteiger partial charge in [-0.25, -0.2) is 0 Å². The zero-order chi connectivity index (χ0) is 11.2. The number of carbonyl (C=O) groups excluding carboxylic acids is 1. The van der Waals surface area contributed by atoms with Gasteiger partial charge in [-0.05, 0) is 6.92 Å². The molecule has 0 amide bonds. The molecule has 14 heavy (non-hydrogen) atoms. The average Bonchev–Trinajstić information content (AvgIpc) is 2.03. The molecule has 0 aliphatic heterocycles. The molecule has 0 saturated carbocycles. The minimum absolute atomic E-state index is 0.121. The summed E-state index contributed by atoms with van der Waals surface area (Å²) >= 11 is 0. The summed E-state index contributed by atoms with van der Waals surface area (Å²) in [5.74, 6) is 0.121. The van der Waals surface area contributed by atoms with Crippen LogP contribution in [-0.4, -0.2) is 14.2 Å². The molecule has 3 nitrogen and oxygen atoms in total. The quantitative estimate of drug-likeness (QED) is 0.572. The Bertz CT molecular complexity index is 378. The van der Waals surface area contributed by atoms with Crippen molar-refractivity contribution >= 4 is 35.4 Å². The molecule has 0 saturated heterocycles. The van der Waals surface area contributed by atoms with Crippen LogP contribution in [0.15, 0.2) is 30.3 Å². The molecule has 0 bridgehead atoms. The van der Waals surface area contributed by atoms with E-state index in [0.717, 1.165) is 5.56 Å². The number of ketones is 1. The summed E-state index contributed by atoms with van der Waals surface area (Å²) in [5.41, 5.74) is 0.775. The zero-order valence-corrected chi connectivity index (χ0v) is 9.60. The highest BCUT2D eigenvalue weighted by Crippen LogP contribution is 1.98. The lowest BCUT2D eigenvalue weighted by atomic mass is 10.2. The lowest BCUT2D eigenvalue weighted by Crippen LogP contribution is -1.88. The van der Waals surface area contributed by atoms with Crippen molar-refractivity contribution in [3.63, 3.8) is 0 Å². The van der Waals surface area contributed by atoms with Crippen molar-refractivity contribution in [1.82, 2.24) is 0 Å². The number of hydrogen-bond donors (Lipinski definition) is 0. The molecule has 0 unspecified atom stereocenters. The van der Waals surface area contributed by atoms with Crippen LogP contribution in [0.3, 0.4) is 0 Å². The second kappa shape index (κ2) is 6.01. The maximum absolute atomic E-state index is 10.6. The van der Waals surface area contributed by atoms with Crippen molar-refractivity contribution in [3.05, 3.63) is 35.9 Å². The summed E-state index contributed by atoms with van der Waals surface area (Å²) in [6, 6.07) is 9.23. The summed E-state index contributed by atoms with van der Waals surface area (Å²) in [6.45, 7) is 1.56. The van der Waals surface area contributed by atoms with Crippen LogP contribution < -0.4 is 0 Å². The first kappa shape index (κ1) is 13.4. The Morgan fingerprint density at radius 2 is 1.50 bits per heavy atom. The summed E-state index contributed by atoms with van der Waals surface area (Å²) < 4.78 is 18.3. The summed E-state index contributed by atoms with van der Waals surface area (Å²) in [4.78, 5) is 10.6. The van der Waals surface area contributed by atoms with Crippen molar-refractivity contribution in [2.45, 2.75) is 6.92 Å². The Morgan fingerprint density at radius 1 is 1.14 bits per heavy atom. The van der Waals surface area contributed by atoms with E-state index in [0.29, 0.717) is 0 Å². The second-order valence-corrected chi connectivity index (χ2v) is 5.97. The molecule has 6 heteroatoms. The van der Waals surface area contributed by atoms with Crippen molar-refractivity contribution in [3.8, 4) is 0 Å². The third-order valence-electron chi connectivity index (χ3n) is 1.18. The minimum Gasteiger partial charge on any atom is -0.295 e. The molecule has 0 fully saturated rings. The van der Waals surface area contributed by atoms with Gasteiger partial charge in [-0.2, -0.15) is 8.42 Å². The standard InChI is InChI=1S/C8H8O.Cl2O2S/c1-7(9)8-5-3-2-4-6-8;1-5(2,3)4/h2-6H,1H3;. The van der Waals surface area contributed by atoms with E-state index in [2.05, 4.69) is 21.4 Å². The fourth-order valence-corrected chi connectivity index (χ4v) is 0.673. The molecule has 0 atom stereocenters. The molecule has 0 aliphatic carbocycles. The van der Waals surface area contributed by atoms with E-state index in [9.17, 15) is 4.79 Å². The van der Waals surface area contributed by atoms with E-state index in [1.54, 1.807) is 6.92 Å².